The summed E-state index contributed by atoms with van der Waals surface area (Å²) in [5.41, 5.74) is 1.08. The number of hydrogen-bond donors (Lipinski definition) is 2. The van der Waals surface area contributed by atoms with Crippen LogP contribution < -0.4 is 5.32 Å². The van der Waals surface area contributed by atoms with Crippen LogP contribution in [0.25, 0.3) is 0 Å². The fourth-order valence-electron chi connectivity index (χ4n) is 3.08. The molecular weight excluding hydrogens is 312 g/mol. The molecule has 0 aromatic heterocycles. The molecule has 2 rings (SSSR count). The second kappa shape index (κ2) is 8.55. The number of amides is 2. The van der Waals surface area contributed by atoms with Gasteiger partial charge >= 0.3 is 6.03 Å². The predicted molar refractivity (Wildman–Crippen MR) is 93.6 cm³/mol. The van der Waals surface area contributed by atoms with Crippen molar-refractivity contribution in [3.05, 3.63) is 34.9 Å². The summed E-state index contributed by atoms with van der Waals surface area (Å²) in [5, 5.41) is 13.2. The number of nitrogens with one attached hydrogen (secondary N) is 1. The Balaban J connectivity index is 2.04. The van der Waals surface area contributed by atoms with Gasteiger partial charge in [0.05, 0.1) is 6.04 Å². The molecule has 0 bridgehead atoms. The number of nitrogens with zero attached hydrogens (tertiary/aromatic N) is 1. The number of carbonyl (C=O) groups is 1. The number of aliphatic hydroxyl groups is 1. The molecule has 0 spiro atoms. The van der Waals surface area contributed by atoms with Gasteiger partial charge in [0.15, 0.2) is 0 Å². The van der Waals surface area contributed by atoms with Crippen LogP contribution in [0.3, 0.4) is 0 Å². The highest BCUT2D eigenvalue weighted by molar-refractivity contribution is 6.30. The Morgan fingerprint density at radius 3 is 2.70 bits per heavy atom. The average molecular weight is 339 g/mol. The Morgan fingerprint density at radius 2 is 2.09 bits per heavy atom. The molecule has 1 aromatic rings. The van der Waals surface area contributed by atoms with Gasteiger partial charge in [-0.15, -0.1) is 0 Å². The average Bonchev–Trinajstić information content (AvgIpc) is 2.54. The van der Waals surface area contributed by atoms with Crippen molar-refractivity contribution in [2.24, 2.45) is 11.8 Å². The molecule has 2 amide bonds. The first-order valence-electron chi connectivity index (χ1n) is 8.41. The van der Waals surface area contributed by atoms with Gasteiger partial charge in [0, 0.05) is 24.7 Å². The minimum atomic E-state index is -0.0382. The van der Waals surface area contributed by atoms with E-state index in [-0.39, 0.29) is 24.6 Å². The van der Waals surface area contributed by atoms with Crippen molar-refractivity contribution < 1.29 is 9.90 Å². The summed E-state index contributed by atoms with van der Waals surface area (Å²) in [4.78, 5) is 14.4. The second-order valence-electron chi connectivity index (χ2n) is 6.82. The number of likely N-dealkylation sites (tertiary alicyclic amines) is 1. The van der Waals surface area contributed by atoms with Gasteiger partial charge in [-0.2, -0.15) is 0 Å². The Labute approximate surface area is 143 Å². The summed E-state index contributed by atoms with van der Waals surface area (Å²) in [6.45, 7) is 5.85. The van der Waals surface area contributed by atoms with E-state index in [1.54, 1.807) is 0 Å². The molecule has 2 unspecified atom stereocenters. The molecule has 2 atom stereocenters. The topological polar surface area (TPSA) is 52.6 Å². The summed E-state index contributed by atoms with van der Waals surface area (Å²) < 4.78 is 0. The zero-order valence-corrected chi connectivity index (χ0v) is 14.7. The second-order valence-corrected chi connectivity index (χ2v) is 7.26. The first kappa shape index (κ1) is 18.1. The molecule has 0 radical (unpaired) electrons. The molecule has 23 heavy (non-hydrogen) atoms. The van der Waals surface area contributed by atoms with E-state index in [2.05, 4.69) is 19.2 Å². The molecule has 0 aliphatic carbocycles. The monoisotopic (exact) mass is 338 g/mol. The summed E-state index contributed by atoms with van der Waals surface area (Å²) in [6, 6.07) is 7.61. The third-order valence-corrected chi connectivity index (χ3v) is 4.59. The first-order valence-corrected chi connectivity index (χ1v) is 8.79. The number of benzene rings is 1. The van der Waals surface area contributed by atoms with Crippen LogP contribution in [0.2, 0.25) is 5.02 Å². The number of rotatable bonds is 5. The van der Waals surface area contributed by atoms with Crippen LogP contribution in [0.1, 0.15) is 44.7 Å². The van der Waals surface area contributed by atoms with Gasteiger partial charge in [-0.05, 0) is 48.8 Å². The first-order chi connectivity index (χ1) is 11.0. The van der Waals surface area contributed by atoms with Crippen molar-refractivity contribution in [1.29, 1.82) is 0 Å². The van der Waals surface area contributed by atoms with Crippen molar-refractivity contribution in [3.8, 4) is 0 Å². The van der Waals surface area contributed by atoms with Gasteiger partial charge in [0.1, 0.15) is 0 Å². The van der Waals surface area contributed by atoms with Crippen molar-refractivity contribution in [2.45, 2.75) is 39.2 Å². The lowest BCUT2D eigenvalue weighted by atomic mass is 9.96. The third kappa shape index (κ3) is 5.40. The summed E-state index contributed by atoms with van der Waals surface area (Å²) in [5.74, 6) is 0.677. The van der Waals surface area contributed by atoms with Crippen LogP contribution in [0.15, 0.2) is 24.3 Å². The largest absolute Gasteiger partial charge is 0.396 e. The summed E-state index contributed by atoms with van der Waals surface area (Å²) in [7, 11) is 0. The maximum absolute atomic E-state index is 12.6. The van der Waals surface area contributed by atoms with E-state index >= 15 is 0 Å². The normalized spacial score (nSPS) is 19.7. The van der Waals surface area contributed by atoms with E-state index in [0.29, 0.717) is 17.5 Å². The van der Waals surface area contributed by atoms with Crippen LogP contribution >= 0.6 is 11.6 Å². The number of aliphatic hydroxyl groups excluding tert-OH is 1. The third-order valence-electron chi connectivity index (χ3n) is 4.34. The standard InChI is InChI=1S/C18H27ClN2O2/c1-13(2)10-17(15-5-7-16(19)8-6-15)20-18(23)21-9-3-4-14(11-21)12-22/h5-8,13-14,17,22H,3-4,9-12H2,1-2H3,(H,20,23). The van der Waals surface area contributed by atoms with Gasteiger partial charge in [-0.1, -0.05) is 37.6 Å². The molecule has 5 heteroatoms. The molecule has 1 saturated heterocycles. The molecule has 1 heterocycles. The van der Waals surface area contributed by atoms with Crippen LogP contribution in [0, 0.1) is 11.8 Å². The van der Waals surface area contributed by atoms with Gasteiger partial charge in [-0.3, -0.25) is 0 Å². The van der Waals surface area contributed by atoms with Gasteiger partial charge < -0.3 is 15.3 Å². The molecule has 4 nitrogen and oxygen atoms in total. The quantitative estimate of drug-likeness (QED) is 0.857. The molecule has 1 fully saturated rings. The van der Waals surface area contributed by atoms with Crippen LogP contribution in [0.5, 0.6) is 0 Å². The molecule has 0 saturated carbocycles. The minimum Gasteiger partial charge on any atom is -0.396 e. The smallest absolute Gasteiger partial charge is 0.317 e. The van der Waals surface area contributed by atoms with E-state index in [4.69, 9.17) is 11.6 Å². The van der Waals surface area contributed by atoms with E-state index in [0.717, 1.165) is 31.4 Å². The maximum atomic E-state index is 12.6. The zero-order chi connectivity index (χ0) is 16.8. The Morgan fingerprint density at radius 1 is 1.39 bits per heavy atom. The van der Waals surface area contributed by atoms with Gasteiger partial charge in [-0.25, -0.2) is 4.79 Å². The molecule has 1 aromatic carbocycles. The van der Waals surface area contributed by atoms with Gasteiger partial charge in [0.25, 0.3) is 0 Å². The lowest BCUT2D eigenvalue weighted by molar-refractivity contribution is 0.127. The Kier molecular flexibility index (Phi) is 6.72. The van der Waals surface area contributed by atoms with Crippen molar-refractivity contribution in [1.82, 2.24) is 10.2 Å². The highest BCUT2D eigenvalue weighted by atomic mass is 35.5. The van der Waals surface area contributed by atoms with Crippen LogP contribution in [0.4, 0.5) is 4.79 Å². The number of carbonyl (C=O) groups excluding carboxylic acids is 1. The summed E-state index contributed by atoms with van der Waals surface area (Å²) in [6.07, 6.45) is 2.83. The minimum absolute atomic E-state index is 0.0192. The maximum Gasteiger partial charge on any atom is 0.317 e. The zero-order valence-electron chi connectivity index (χ0n) is 14.0. The van der Waals surface area contributed by atoms with E-state index in [1.807, 2.05) is 29.2 Å². The molecule has 128 valence electrons. The fourth-order valence-corrected chi connectivity index (χ4v) is 3.21. The van der Waals surface area contributed by atoms with E-state index in [9.17, 15) is 9.90 Å². The fraction of sp³-hybridized carbons (Fsp3) is 0.611. The van der Waals surface area contributed by atoms with Gasteiger partial charge in [0.2, 0.25) is 0 Å². The highest BCUT2D eigenvalue weighted by Gasteiger charge is 2.25. The highest BCUT2D eigenvalue weighted by Crippen LogP contribution is 2.24. The molecule has 2 N–H and O–H groups in total. The predicted octanol–water partition coefficient (Wildman–Crippen LogP) is 3.84. The number of piperidine rings is 1. The molecule has 1 aliphatic heterocycles. The van der Waals surface area contributed by atoms with Crippen molar-refractivity contribution in [2.75, 3.05) is 19.7 Å². The SMILES string of the molecule is CC(C)CC(NC(=O)N1CCCC(CO)C1)c1ccc(Cl)cc1. The van der Waals surface area contributed by atoms with E-state index in [1.165, 1.54) is 0 Å². The Hall–Kier alpha value is -1.26. The Bertz CT molecular complexity index is 504. The number of hydrogen-bond acceptors (Lipinski definition) is 2. The lowest BCUT2D eigenvalue weighted by Crippen LogP contribution is -2.47. The lowest BCUT2D eigenvalue weighted by Gasteiger charge is -2.33. The molecular formula is C18H27ClN2O2. The number of halogens is 1. The van der Waals surface area contributed by atoms with Crippen LogP contribution in [-0.4, -0.2) is 35.7 Å². The van der Waals surface area contributed by atoms with Crippen molar-refractivity contribution in [3.63, 3.8) is 0 Å². The van der Waals surface area contributed by atoms with E-state index < -0.39 is 0 Å². The number of urea groups is 1. The summed E-state index contributed by atoms with van der Waals surface area (Å²) >= 11 is 5.96. The van der Waals surface area contributed by atoms with Crippen molar-refractivity contribution >= 4 is 17.6 Å². The molecule has 1 aliphatic rings. The van der Waals surface area contributed by atoms with Crippen LogP contribution in [-0.2, 0) is 0 Å².